The van der Waals surface area contributed by atoms with Crippen LogP contribution in [-0.4, -0.2) is 28.3 Å². The highest BCUT2D eigenvalue weighted by atomic mass is 32.2. The minimum Gasteiger partial charge on any atom is -0.497 e. The minimum absolute atomic E-state index is 0.214. The van der Waals surface area contributed by atoms with Crippen LogP contribution in [0.4, 0.5) is 0 Å². The average Bonchev–Trinajstić information content (AvgIpc) is 2.61. The largest absolute Gasteiger partial charge is 0.497 e. The number of aryl methyl sites for hydroxylation is 2. The fourth-order valence-electron chi connectivity index (χ4n) is 2.33. The Kier molecular flexibility index (Phi) is 5.69. The van der Waals surface area contributed by atoms with E-state index < -0.39 is 10.0 Å². The fourth-order valence-corrected chi connectivity index (χ4v) is 3.52. The summed E-state index contributed by atoms with van der Waals surface area (Å²) in [5.74, 6) is 1.19. The molecular formula is C18H22N2O4S. The number of ether oxygens (including phenoxy) is 2. The second-order valence-corrected chi connectivity index (χ2v) is 7.26. The van der Waals surface area contributed by atoms with E-state index in [9.17, 15) is 8.42 Å². The molecule has 0 unspecified atom stereocenters. The zero-order chi connectivity index (χ0) is 18.6. The minimum atomic E-state index is -3.75. The molecule has 1 N–H and O–H groups in total. The Bertz CT molecular complexity index is 905. The Morgan fingerprint density at radius 3 is 2.40 bits per heavy atom. The van der Waals surface area contributed by atoms with E-state index in [1.54, 1.807) is 51.3 Å². The van der Waals surface area contributed by atoms with Crippen molar-refractivity contribution in [2.45, 2.75) is 25.7 Å². The van der Waals surface area contributed by atoms with Crippen LogP contribution in [0.3, 0.4) is 0 Å². The molecule has 0 bridgehead atoms. The molecule has 0 saturated carbocycles. The van der Waals surface area contributed by atoms with Crippen molar-refractivity contribution < 1.29 is 17.9 Å². The van der Waals surface area contributed by atoms with Gasteiger partial charge in [0.25, 0.3) is 10.0 Å². The van der Waals surface area contributed by atoms with Crippen LogP contribution in [0.1, 0.15) is 23.6 Å². The molecule has 0 aliphatic rings. The van der Waals surface area contributed by atoms with Crippen LogP contribution in [-0.2, 0) is 10.0 Å². The zero-order valence-electron chi connectivity index (χ0n) is 15.0. The van der Waals surface area contributed by atoms with Crippen LogP contribution in [0.25, 0.3) is 0 Å². The van der Waals surface area contributed by atoms with E-state index in [2.05, 4.69) is 9.93 Å². The van der Waals surface area contributed by atoms with Crippen molar-refractivity contribution in [2.75, 3.05) is 14.2 Å². The van der Waals surface area contributed by atoms with Crippen molar-refractivity contribution in [1.29, 1.82) is 0 Å². The van der Waals surface area contributed by atoms with Gasteiger partial charge < -0.3 is 9.47 Å². The van der Waals surface area contributed by atoms with Gasteiger partial charge in [0.05, 0.1) is 24.8 Å². The number of nitrogens with one attached hydrogen (secondary N) is 1. The molecule has 0 amide bonds. The molecule has 6 nitrogen and oxygen atoms in total. The molecule has 0 spiro atoms. The highest BCUT2D eigenvalue weighted by molar-refractivity contribution is 7.89. The first-order chi connectivity index (χ1) is 11.8. The summed E-state index contributed by atoms with van der Waals surface area (Å²) in [5, 5.41) is 4.04. The lowest BCUT2D eigenvalue weighted by Gasteiger charge is -2.11. The quantitative estimate of drug-likeness (QED) is 0.633. The SMILES string of the molecule is COc1ccc(C(C)=NNS(=O)(=O)c2cc(C)ccc2C)c(OC)c1. The average molecular weight is 362 g/mol. The van der Waals surface area contributed by atoms with Crippen LogP contribution in [0.2, 0.25) is 0 Å². The Labute approximate surface area is 148 Å². The summed E-state index contributed by atoms with van der Waals surface area (Å²) in [7, 11) is -0.655. The predicted octanol–water partition coefficient (Wildman–Crippen LogP) is 3.02. The topological polar surface area (TPSA) is 77.0 Å². The summed E-state index contributed by atoms with van der Waals surface area (Å²) < 4.78 is 35.5. The van der Waals surface area contributed by atoms with Crippen LogP contribution in [0.15, 0.2) is 46.4 Å². The second-order valence-electron chi connectivity index (χ2n) is 5.63. The van der Waals surface area contributed by atoms with Crippen molar-refractivity contribution in [1.82, 2.24) is 4.83 Å². The van der Waals surface area contributed by atoms with Gasteiger partial charge in [0.15, 0.2) is 0 Å². The molecule has 0 aromatic heterocycles. The van der Waals surface area contributed by atoms with Crippen molar-refractivity contribution in [3.63, 3.8) is 0 Å². The van der Waals surface area contributed by atoms with E-state index >= 15 is 0 Å². The molecule has 134 valence electrons. The van der Waals surface area contributed by atoms with E-state index in [1.165, 1.54) is 7.11 Å². The molecule has 0 aliphatic carbocycles. The lowest BCUT2D eigenvalue weighted by atomic mass is 10.1. The molecule has 2 aromatic rings. The molecule has 0 atom stereocenters. The lowest BCUT2D eigenvalue weighted by molar-refractivity contribution is 0.394. The van der Waals surface area contributed by atoms with Gasteiger partial charge in [-0.2, -0.15) is 18.4 Å². The van der Waals surface area contributed by atoms with Gasteiger partial charge in [-0.3, -0.25) is 0 Å². The van der Waals surface area contributed by atoms with Crippen LogP contribution >= 0.6 is 0 Å². The number of hydrazone groups is 1. The number of nitrogens with zero attached hydrogens (tertiary/aromatic N) is 1. The summed E-state index contributed by atoms with van der Waals surface area (Å²) >= 11 is 0. The third-order valence-electron chi connectivity index (χ3n) is 3.77. The summed E-state index contributed by atoms with van der Waals surface area (Å²) in [6.45, 7) is 5.29. The third kappa shape index (κ3) is 4.30. The van der Waals surface area contributed by atoms with E-state index in [0.29, 0.717) is 28.3 Å². The molecule has 0 aliphatic heterocycles. The van der Waals surface area contributed by atoms with Gasteiger partial charge >= 0.3 is 0 Å². The van der Waals surface area contributed by atoms with E-state index in [-0.39, 0.29) is 4.90 Å². The third-order valence-corrected chi connectivity index (χ3v) is 5.12. The molecule has 7 heteroatoms. The monoisotopic (exact) mass is 362 g/mol. The van der Waals surface area contributed by atoms with Crippen molar-refractivity contribution in [3.8, 4) is 11.5 Å². The van der Waals surface area contributed by atoms with Crippen LogP contribution in [0.5, 0.6) is 11.5 Å². The summed E-state index contributed by atoms with van der Waals surface area (Å²) in [4.78, 5) is 2.51. The van der Waals surface area contributed by atoms with Crippen molar-refractivity contribution in [3.05, 3.63) is 53.1 Å². The first kappa shape index (κ1) is 18.8. The lowest BCUT2D eigenvalue weighted by Crippen LogP contribution is -2.21. The molecule has 2 rings (SSSR count). The van der Waals surface area contributed by atoms with Gasteiger partial charge in [-0.1, -0.05) is 12.1 Å². The van der Waals surface area contributed by atoms with Crippen molar-refractivity contribution >= 4 is 15.7 Å². The number of rotatable bonds is 6. The maximum Gasteiger partial charge on any atom is 0.276 e. The van der Waals surface area contributed by atoms with E-state index in [1.807, 2.05) is 13.0 Å². The summed E-state index contributed by atoms with van der Waals surface area (Å²) in [6.07, 6.45) is 0. The predicted molar refractivity (Wildman–Crippen MR) is 98.0 cm³/mol. The number of sulfonamides is 1. The molecular weight excluding hydrogens is 340 g/mol. The van der Waals surface area contributed by atoms with Gasteiger partial charge in [0.2, 0.25) is 0 Å². The maximum absolute atomic E-state index is 12.5. The van der Waals surface area contributed by atoms with E-state index in [4.69, 9.17) is 9.47 Å². The van der Waals surface area contributed by atoms with Crippen LogP contribution in [0, 0.1) is 13.8 Å². The first-order valence-electron chi connectivity index (χ1n) is 7.64. The van der Waals surface area contributed by atoms with Gasteiger partial charge in [0.1, 0.15) is 11.5 Å². The van der Waals surface area contributed by atoms with E-state index in [0.717, 1.165) is 5.56 Å². The van der Waals surface area contributed by atoms with Gasteiger partial charge in [0, 0.05) is 11.6 Å². The Hall–Kier alpha value is -2.54. The first-order valence-corrected chi connectivity index (χ1v) is 9.12. The Morgan fingerprint density at radius 2 is 1.76 bits per heavy atom. The highest BCUT2D eigenvalue weighted by Gasteiger charge is 2.17. The number of benzene rings is 2. The fraction of sp³-hybridized carbons (Fsp3) is 0.278. The van der Waals surface area contributed by atoms with Gasteiger partial charge in [-0.15, -0.1) is 0 Å². The normalized spacial score (nSPS) is 12.0. The summed E-state index contributed by atoms with van der Waals surface area (Å²) in [5.41, 5.74) is 2.68. The molecule has 2 aromatic carbocycles. The van der Waals surface area contributed by atoms with Crippen molar-refractivity contribution in [2.24, 2.45) is 5.10 Å². The standard InChI is InChI=1S/C18H22N2O4S/c1-12-6-7-13(2)18(10-12)25(21,22)20-19-14(3)16-9-8-15(23-4)11-17(16)24-5/h6-11,20H,1-5H3. The molecule has 0 saturated heterocycles. The molecule has 0 fully saturated rings. The number of hydrogen-bond acceptors (Lipinski definition) is 5. The van der Waals surface area contributed by atoms with Gasteiger partial charge in [-0.05, 0) is 50.1 Å². The maximum atomic E-state index is 12.5. The molecule has 0 heterocycles. The number of methoxy groups -OCH3 is 2. The highest BCUT2D eigenvalue weighted by Crippen LogP contribution is 2.25. The summed E-state index contributed by atoms with van der Waals surface area (Å²) in [6, 6.07) is 10.5. The molecule has 25 heavy (non-hydrogen) atoms. The van der Waals surface area contributed by atoms with Gasteiger partial charge in [-0.25, -0.2) is 0 Å². The Balaban J connectivity index is 2.33. The molecule has 0 radical (unpaired) electrons. The second kappa shape index (κ2) is 7.57. The number of hydrogen-bond donors (Lipinski definition) is 1. The Morgan fingerprint density at radius 1 is 1.04 bits per heavy atom. The van der Waals surface area contributed by atoms with Crippen LogP contribution < -0.4 is 14.3 Å². The smallest absolute Gasteiger partial charge is 0.276 e. The zero-order valence-corrected chi connectivity index (χ0v) is 15.8.